The third-order valence-electron chi connectivity index (χ3n) is 13.2. The number of carbonyl (C=O) groups excluding carboxylic acids is 1. The van der Waals surface area contributed by atoms with E-state index in [4.69, 9.17) is 9.47 Å². The molecule has 0 N–H and O–H groups in total. The van der Waals surface area contributed by atoms with Gasteiger partial charge in [-0.1, -0.05) is 46.8 Å². The van der Waals surface area contributed by atoms with Gasteiger partial charge in [0.25, 0.3) is 0 Å². The lowest BCUT2D eigenvalue weighted by atomic mass is 9.33. The van der Waals surface area contributed by atoms with Gasteiger partial charge in [-0.2, -0.15) is 0 Å². The average Bonchev–Trinajstić information content (AvgIpc) is 3.12. The lowest BCUT2D eigenvalue weighted by molar-refractivity contribution is -0.224. The molecule has 0 spiro atoms. The molecule has 5 rings (SSSR count). The molecular weight excluding hydrogens is 432 g/mol. The van der Waals surface area contributed by atoms with E-state index in [0.29, 0.717) is 52.6 Å². The number of carbonyl (C=O) groups is 1. The fraction of sp³-hybridized carbons (Fsp3) is 0.906. The third kappa shape index (κ3) is 3.48. The molecule has 0 radical (unpaired) electrons. The minimum Gasteiger partial charge on any atom is -0.466 e. The van der Waals surface area contributed by atoms with Crippen LogP contribution in [-0.4, -0.2) is 25.3 Å². The summed E-state index contributed by atoms with van der Waals surface area (Å²) >= 11 is 0. The number of allylic oxidation sites excluding steroid dienone is 1. The van der Waals surface area contributed by atoms with Crippen LogP contribution in [0.2, 0.25) is 0 Å². The SMILES string of the molecule is C=C(C)[C@@H]1CC[C@]2(C)[C@H](CC[C@@H]3[C@H]4[C@H]5OC[C@@]4(CCC5(C)C)CC[C@]32C)[C@@]1(C)CCC(=O)OCC. The van der Waals surface area contributed by atoms with Crippen LogP contribution in [0.25, 0.3) is 0 Å². The Balaban J connectivity index is 1.50. The maximum Gasteiger partial charge on any atom is 0.305 e. The van der Waals surface area contributed by atoms with Gasteiger partial charge in [0.2, 0.25) is 0 Å². The predicted octanol–water partition coefficient (Wildman–Crippen LogP) is 7.98. The van der Waals surface area contributed by atoms with Crippen molar-refractivity contribution in [2.24, 2.45) is 50.7 Å². The van der Waals surface area contributed by atoms with Crippen molar-refractivity contribution in [3.63, 3.8) is 0 Å². The highest BCUT2D eigenvalue weighted by molar-refractivity contribution is 5.69. The van der Waals surface area contributed by atoms with Crippen molar-refractivity contribution in [3.05, 3.63) is 12.2 Å². The lowest BCUT2D eigenvalue weighted by Gasteiger charge is -2.71. The lowest BCUT2D eigenvalue weighted by Crippen LogP contribution is -2.65. The zero-order valence-electron chi connectivity index (χ0n) is 23.8. The van der Waals surface area contributed by atoms with Crippen molar-refractivity contribution in [1.29, 1.82) is 0 Å². The van der Waals surface area contributed by atoms with Crippen LogP contribution in [0.3, 0.4) is 0 Å². The van der Waals surface area contributed by atoms with E-state index in [9.17, 15) is 4.79 Å². The fourth-order valence-electron chi connectivity index (χ4n) is 11.1. The molecule has 1 saturated heterocycles. The van der Waals surface area contributed by atoms with Gasteiger partial charge in [-0.25, -0.2) is 0 Å². The van der Waals surface area contributed by atoms with Gasteiger partial charge >= 0.3 is 5.97 Å². The van der Waals surface area contributed by atoms with Gasteiger partial charge in [0.15, 0.2) is 0 Å². The van der Waals surface area contributed by atoms with E-state index in [2.05, 4.69) is 48.1 Å². The second-order valence-electron chi connectivity index (χ2n) is 14.9. The molecule has 0 aromatic rings. The van der Waals surface area contributed by atoms with Crippen molar-refractivity contribution in [2.45, 2.75) is 119 Å². The van der Waals surface area contributed by atoms with Gasteiger partial charge < -0.3 is 9.47 Å². The summed E-state index contributed by atoms with van der Waals surface area (Å²) in [4.78, 5) is 12.5. The normalized spacial score (nSPS) is 50.0. The molecule has 0 amide bonds. The molecule has 4 saturated carbocycles. The molecule has 5 aliphatic rings. The molecule has 4 aliphatic carbocycles. The quantitative estimate of drug-likeness (QED) is 0.293. The van der Waals surface area contributed by atoms with E-state index in [-0.39, 0.29) is 11.4 Å². The highest BCUT2D eigenvalue weighted by atomic mass is 16.5. The molecule has 1 aliphatic heterocycles. The molecule has 1 heterocycles. The van der Waals surface area contributed by atoms with Crippen LogP contribution in [0.5, 0.6) is 0 Å². The van der Waals surface area contributed by atoms with E-state index >= 15 is 0 Å². The summed E-state index contributed by atoms with van der Waals surface area (Å²) in [5, 5.41) is 0. The van der Waals surface area contributed by atoms with E-state index in [0.717, 1.165) is 24.9 Å². The molecule has 9 atom stereocenters. The first-order valence-corrected chi connectivity index (χ1v) is 14.8. The van der Waals surface area contributed by atoms with Crippen molar-refractivity contribution < 1.29 is 14.3 Å². The van der Waals surface area contributed by atoms with Gasteiger partial charge in [0.1, 0.15) is 0 Å². The van der Waals surface area contributed by atoms with Gasteiger partial charge in [-0.3, -0.25) is 4.79 Å². The van der Waals surface area contributed by atoms with Crippen molar-refractivity contribution in [2.75, 3.05) is 13.2 Å². The summed E-state index contributed by atoms with van der Waals surface area (Å²) in [5.41, 5.74) is 2.80. The first-order valence-electron chi connectivity index (χ1n) is 14.8. The summed E-state index contributed by atoms with van der Waals surface area (Å²) in [6.07, 6.45) is 12.4. The third-order valence-corrected chi connectivity index (χ3v) is 13.2. The van der Waals surface area contributed by atoms with Crippen LogP contribution in [0.1, 0.15) is 113 Å². The molecule has 0 aromatic carbocycles. The summed E-state index contributed by atoms with van der Waals surface area (Å²) in [5.74, 6) is 2.59. The number of ether oxygens (including phenoxy) is 2. The predicted molar refractivity (Wildman–Crippen MR) is 142 cm³/mol. The summed E-state index contributed by atoms with van der Waals surface area (Å²) in [6.45, 7) is 22.9. The van der Waals surface area contributed by atoms with Gasteiger partial charge in [-0.15, -0.1) is 0 Å². The zero-order valence-corrected chi connectivity index (χ0v) is 23.8. The molecule has 0 aromatic heterocycles. The molecule has 198 valence electrons. The highest BCUT2D eigenvalue weighted by Crippen LogP contribution is 2.76. The van der Waals surface area contributed by atoms with Crippen molar-refractivity contribution >= 4 is 5.97 Å². The van der Waals surface area contributed by atoms with Gasteiger partial charge in [0, 0.05) is 6.42 Å². The Morgan fingerprint density at radius 1 is 0.971 bits per heavy atom. The van der Waals surface area contributed by atoms with Crippen LogP contribution in [0, 0.1) is 50.7 Å². The minimum absolute atomic E-state index is 0.0286. The first kappa shape index (κ1) is 25.8. The topological polar surface area (TPSA) is 35.5 Å². The second-order valence-corrected chi connectivity index (χ2v) is 14.9. The Morgan fingerprint density at radius 2 is 1.69 bits per heavy atom. The van der Waals surface area contributed by atoms with E-state index in [1.165, 1.54) is 56.9 Å². The van der Waals surface area contributed by atoms with Gasteiger partial charge in [0.05, 0.1) is 19.3 Å². The smallest absolute Gasteiger partial charge is 0.305 e. The number of fused-ring (bicyclic) bond motifs is 3. The maximum absolute atomic E-state index is 12.5. The van der Waals surface area contributed by atoms with E-state index < -0.39 is 0 Å². The Labute approximate surface area is 215 Å². The molecule has 35 heavy (non-hydrogen) atoms. The Bertz CT molecular complexity index is 876. The first-order chi connectivity index (χ1) is 16.3. The van der Waals surface area contributed by atoms with Crippen LogP contribution >= 0.6 is 0 Å². The number of hydrogen-bond donors (Lipinski definition) is 0. The van der Waals surface area contributed by atoms with Crippen LogP contribution in [-0.2, 0) is 14.3 Å². The standard InChI is InChI=1S/C32H52O3/c1-9-34-25(33)13-14-29(6)22(21(2)3)12-15-31(8)24(29)11-10-23-26-27-28(4,5)16-18-32(26,20-35-27)19-17-30(23,31)7/h22-24,26-27H,2,9-20H2,1,3-8H3/t22-,23+,24+,26-,27+,29-,30+,31+,32+/m0/s1. The summed E-state index contributed by atoms with van der Waals surface area (Å²) < 4.78 is 12.1. The van der Waals surface area contributed by atoms with Crippen LogP contribution in [0.15, 0.2) is 12.2 Å². The van der Waals surface area contributed by atoms with E-state index in [1.807, 2.05) is 6.92 Å². The second kappa shape index (κ2) is 8.34. The summed E-state index contributed by atoms with van der Waals surface area (Å²) in [6, 6.07) is 0. The Hall–Kier alpha value is -0.830. The van der Waals surface area contributed by atoms with Crippen molar-refractivity contribution in [1.82, 2.24) is 0 Å². The van der Waals surface area contributed by atoms with Crippen molar-refractivity contribution in [3.8, 4) is 0 Å². The molecular formula is C32H52O3. The van der Waals surface area contributed by atoms with E-state index in [1.54, 1.807) is 0 Å². The number of esters is 1. The maximum atomic E-state index is 12.5. The average molecular weight is 485 g/mol. The Morgan fingerprint density at radius 3 is 2.37 bits per heavy atom. The molecule has 2 bridgehead atoms. The largest absolute Gasteiger partial charge is 0.466 e. The van der Waals surface area contributed by atoms with Gasteiger partial charge in [-0.05, 0) is 122 Å². The van der Waals surface area contributed by atoms with Crippen LogP contribution < -0.4 is 0 Å². The Kier molecular flexibility index (Phi) is 6.15. The number of hydrogen-bond acceptors (Lipinski definition) is 3. The minimum atomic E-state index is -0.0286. The summed E-state index contributed by atoms with van der Waals surface area (Å²) in [7, 11) is 0. The monoisotopic (exact) mass is 484 g/mol. The fourth-order valence-corrected chi connectivity index (χ4v) is 11.1. The highest BCUT2D eigenvalue weighted by Gasteiger charge is 2.71. The zero-order chi connectivity index (χ0) is 25.4. The van der Waals surface area contributed by atoms with Crippen LogP contribution in [0.4, 0.5) is 0 Å². The molecule has 3 nitrogen and oxygen atoms in total. The molecule has 0 unspecified atom stereocenters. The molecule has 5 fully saturated rings. The number of rotatable bonds is 5. The molecule has 3 heteroatoms.